The molecule has 1 aromatic carbocycles. The smallest absolute Gasteiger partial charge is 0.263 e. The summed E-state index contributed by atoms with van der Waals surface area (Å²) in [5, 5.41) is 16.1. The second kappa shape index (κ2) is 9.29. The number of carboxylic acid groups (broad SMARTS) is 1. The lowest BCUT2D eigenvalue weighted by atomic mass is 10.0. The molecule has 0 aliphatic heterocycles. The third-order valence-corrected chi connectivity index (χ3v) is 4.15. The summed E-state index contributed by atoms with van der Waals surface area (Å²) in [6, 6.07) is 7.84. The van der Waals surface area contributed by atoms with Crippen LogP contribution in [-0.4, -0.2) is 35.3 Å². The molecule has 2 rings (SSSR count). The number of benzene rings is 1. The van der Waals surface area contributed by atoms with Gasteiger partial charge in [-0.25, -0.2) is 4.98 Å². The molecular weight excluding hydrogens is 372 g/mol. The summed E-state index contributed by atoms with van der Waals surface area (Å²) in [4.78, 5) is 42.9. The number of carbonyl (C=O) groups excluding carboxylic acids is 3. The molecular formula is C16H17N6O4S-. The van der Waals surface area contributed by atoms with Crippen LogP contribution in [0.2, 0.25) is 0 Å². The van der Waals surface area contributed by atoms with Crippen LogP contribution in [0.4, 0.5) is 5.13 Å². The number of thiazole rings is 1. The van der Waals surface area contributed by atoms with Crippen molar-refractivity contribution in [3.05, 3.63) is 47.0 Å². The molecule has 0 spiro atoms. The van der Waals surface area contributed by atoms with Gasteiger partial charge in [0.05, 0.1) is 18.8 Å². The molecule has 27 heavy (non-hydrogen) atoms. The van der Waals surface area contributed by atoms with Crippen molar-refractivity contribution in [3.8, 4) is 0 Å². The molecule has 0 saturated heterocycles. The number of aromatic nitrogens is 1. The molecule has 0 radical (unpaired) electrons. The third-order valence-electron chi connectivity index (χ3n) is 3.26. The van der Waals surface area contributed by atoms with Gasteiger partial charge in [-0.05, 0) is 5.56 Å². The van der Waals surface area contributed by atoms with Crippen LogP contribution >= 0.6 is 11.3 Å². The highest BCUT2D eigenvalue weighted by Crippen LogP contribution is 2.20. The predicted octanol–water partition coefficient (Wildman–Crippen LogP) is -1.22. The van der Waals surface area contributed by atoms with Gasteiger partial charge in [0, 0.05) is 12.4 Å². The van der Waals surface area contributed by atoms with E-state index in [0.29, 0.717) is 5.56 Å². The zero-order valence-corrected chi connectivity index (χ0v) is 14.9. The largest absolute Gasteiger partial charge is 0.550 e. The summed E-state index contributed by atoms with van der Waals surface area (Å²) in [6.45, 7) is -0.343. The highest BCUT2D eigenvalue weighted by atomic mass is 32.1. The molecule has 2 aromatic rings. The number of aliphatic carboxylic acids is 1. The molecule has 1 heterocycles. The highest BCUT2D eigenvalue weighted by molar-refractivity contribution is 7.17. The summed E-state index contributed by atoms with van der Waals surface area (Å²) in [7, 11) is 0. The zero-order valence-electron chi connectivity index (χ0n) is 14.0. The van der Waals surface area contributed by atoms with Gasteiger partial charge >= 0.3 is 0 Å². The second-order valence-electron chi connectivity index (χ2n) is 5.33. The Hall–Kier alpha value is -3.47. The Balaban J connectivity index is 1.93. The first-order valence-corrected chi connectivity index (χ1v) is 8.54. The fourth-order valence-corrected chi connectivity index (χ4v) is 2.85. The fraction of sp³-hybridized carbons (Fsp3) is 0.188. The van der Waals surface area contributed by atoms with Gasteiger partial charge in [-0.1, -0.05) is 41.7 Å². The number of hydrogen-bond acceptors (Lipinski definition) is 7. The number of amides is 2. The van der Waals surface area contributed by atoms with Gasteiger partial charge in [0.15, 0.2) is 5.96 Å². The minimum Gasteiger partial charge on any atom is -0.550 e. The Kier molecular flexibility index (Phi) is 6.83. The summed E-state index contributed by atoms with van der Waals surface area (Å²) < 4.78 is 0. The Morgan fingerprint density at radius 1 is 1.22 bits per heavy atom. The maximum absolute atomic E-state index is 12.1. The second-order valence-corrected chi connectivity index (χ2v) is 6.34. The van der Waals surface area contributed by atoms with Crippen molar-refractivity contribution >= 4 is 40.2 Å². The first kappa shape index (κ1) is 19.8. The molecule has 10 nitrogen and oxygen atoms in total. The van der Waals surface area contributed by atoms with Crippen molar-refractivity contribution < 1.29 is 19.5 Å². The van der Waals surface area contributed by atoms with Crippen molar-refractivity contribution in [1.29, 1.82) is 0 Å². The number of aliphatic imine (C=N–C) groups is 1. The maximum atomic E-state index is 12.1. The molecule has 0 saturated carbocycles. The van der Waals surface area contributed by atoms with Crippen LogP contribution in [0.3, 0.4) is 0 Å². The van der Waals surface area contributed by atoms with Crippen LogP contribution in [0.1, 0.15) is 27.7 Å². The molecule has 1 aromatic heterocycles. The van der Waals surface area contributed by atoms with E-state index in [-0.39, 0.29) is 28.9 Å². The van der Waals surface area contributed by atoms with Gasteiger partial charge in [0.25, 0.3) is 5.91 Å². The number of rotatable bonds is 8. The first-order valence-electron chi connectivity index (χ1n) is 7.73. The summed E-state index contributed by atoms with van der Waals surface area (Å²) >= 11 is 0.952. The number of guanidine groups is 1. The van der Waals surface area contributed by atoms with Gasteiger partial charge in [-0.3, -0.25) is 9.59 Å². The first-order chi connectivity index (χ1) is 12.8. The van der Waals surface area contributed by atoms with Gasteiger partial charge in [0.2, 0.25) is 11.0 Å². The number of hydrogen-bond donors (Lipinski definition) is 4. The van der Waals surface area contributed by atoms with Gasteiger partial charge in [-0.15, -0.1) is 0 Å². The molecule has 0 fully saturated rings. The maximum Gasteiger partial charge on any atom is 0.263 e. The monoisotopic (exact) mass is 389 g/mol. The third kappa shape index (κ3) is 6.40. The lowest BCUT2D eigenvalue weighted by molar-refractivity contribution is -0.306. The average molecular weight is 389 g/mol. The van der Waals surface area contributed by atoms with E-state index in [4.69, 9.17) is 11.5 Å². The SMILES string of the molecule is NC(N)=Nc1ncc(C(=O)NCC(=O)NC(CC(=O)[O-])c2ccccc2)s1. The van der Waals surface area contributed by atoms with Crippen molar-refractivity contribution in [2.75, 3.05) is 6.54 Å². The van der Waals surface area contributed by atoms with Crippen LogP contribution in [0.15, 0.2) is 41.5 Å². The van der Waals surface area contributed by atoms with E-state index in [1.807, 2.05) is 0 Å². The van der Waals surface area contributed by atoms with E-state index in [1.165, 1.54) is 6.20 Å². The van der Waals surface area contributed by atoms with Gasteiger partial charge < -0.3 is 32.0 Å². The van der Waals surface area contributed by atoms with Crippen molar-refractivity contribution in [2.45, 2.75) is 12.5 Å². The van der Waals surface area contributed by atoms with Crippen molar-refractivity contribution in [1.82, 2.24) is 15.6 Å². The molecule has 0 bridgehead atoms. The summed E-state index contributed by atoms with van der Waals surface area (Å²) in [5.41, 5.74) is 11.1. The van der Waals surface area contributed by atoms with Crippen LogP contribution in [-0.2, 0) is 9.59 Å². The van der Waals surface area contributed by atoms with Gasteiger partial charge in [0.1, 0.15) is 4.88 Å². The van der Waals surface area contributed by atoms with Gasteiger partial charge in [-0.2, -0.15) is 4.99 Å². The van der Waals surface area contributed by atoms with E-state index < -0.39 is 23.8 Å². The summed E-state index contributed by atoms with van der Waals surface area (Å²) in [6.07, 6.45) is 0.892. The number of nitrogens with two attached hydrogens (primary N) is 2. The fourth-order valence-electron chi connectivity index (χ4n) is 2.13. The molecule has 11 heteroatoms. The number of nitrogens with zero attached hydrogens (tertiary/aromatic N) is 2. The molecule has 6 N–H and O–H groups in total. The van der Waals surface area contributed by atoms with Crippen LogP contribution < -0.4 is 27.2 Å². The zero-order chi connectivity index (χ0) is 19.8. The Morgan fingerprint density at radius 3 is 2.56 bits per heavy atom. The minimum atomic E-state index is -1.30. The lowest BCUT2D eigenvalue weighted by Crippen LogP contribution is -2.40. The average Bonchev–Trinajstić information content (AvgIpc) is 3.07. The van der Waals surface area contributed by atoms with Crippen molar-refractivity contribution in [2.24, 2.45) is 16.5 Å². The molecule has 142 valence electrons. The Morgan fingerprint density at radius 2 is 1.93 bits per heavy atom. The number of carbonyl (C=O) groups is 3. The molecule has 0 aliphatic rings. The van der Waals surface area contributed by atoms with E-state index in [0.717, 1.165) is 11.3 Å². The standard InChI is InChI=1S/C16H18N6O4S/c17-15(18)22-16-20-7-11(27-16)14(26)19-8-12(23)21-10(6-13(24)25)9-4-2-1-3-5-9/h1-5,7,10H,6,8H2,(H,19,26)(H,21,23)(H,24,25)(H4,17,18,20,22)/p-1. The van der Waals surface area contributed by atoms with Crippen LogP contribution in [0.25, 0.3) is 0 Å². The Bertz CT molecular complexity index is 848. The normalized spacial score (nSPS) is 11.3. The quantitative estimate of drug-likeness (QED) is 0.323. The topological polar surface area (TPSA) is 176 Å². The van der Waals surface area contributed by atoms with E-state index in [1.54, 1.807) is 30.3 Å². The lowest BCUT2D eigenvalue weighted by Gasteiger charge is -2.19. The molecule has 1 atom stereocenters. The molecule has 0 aliphatic carbocycles. The van der Waals surface area contributed by atoms with E-state index in [9.17, 15) is 19.5 Å². The Labute approximate surface area is 158 Å². The molecule has 1 unspecified atom stereocenters. The number of carboxylic acids is 1. The van der Waals surface area contributed by atoms with Crippen LogP contribution in [0.5, 0.6) is 0 Å². The van der Waals surface area contributed by atoms with E-state index >= 15 is 0 Å². The number of nitrogens with one attached hydrogen (secondary N) is 2. The predicted molar refractivity (Wildman–Crippen MR) is 96.9 cm³/mol. The minimum absolute atomic E-state index is 0.185. The molecule has 2 amide bonds. The van der Waals surface area contributed by atoms with Crippen LogP contribution in [0, 0.1) is 0 Å². The van der Waals surface area contributed by atoms with Crippen molar-refractivity contribution in [3.63, 3.8) is 0 Å². The summed E-state index contributed by atoms with van der Waals surface area (Å²) in [5.74, 6) is -2.57. The van der Waals surface area contributed by atoms with E-state index in [2.05, 4.69) is 20.6 Å². The highest BCUT2D eigenvalue weighted by Gasteiger charge is 2.16.